The van der Waals surface area contributed by atoms with Gasteiger partial charge in [-0.2, -0.15) is 0 Å². The molecule has 2 aromatic carbocycles. The summed E-state index contributed by atoms with van der Waals surface area (Å²) in [5.74, 6) is 0. The SMILES string of the molecule is C[C@@]1(CO)[C@@H](OCc2ccccc2)CCN1C(=O)OCc1ccccc1. The van der Waals surface area contributed by atoms with Crippen molar-refractivity contribution >= 4 is 6.09 Å². The summed E-state index contributed by atoms with van der Waals surface area (Å²) >= 11 is 0. The molecule has 138 valence electrons. The molecule has 0 aromatic heterocycles. The van der Waals surface area contributed by atoms with Crippen LogP contribution in [0.25, 0.3) is 0 Å². The third kappa shape index (κ3) is 4.06. The van der Waals surface area contributed by atoms with Crippen LogP contribution < -0.4 is 0 Å². The van der Waals surface area contributed by atoms with Crippen LogP contribution in [0.2, 0.25) is 0 Å². The lowest BCUT2D eigenvalue weighted by atomic mass is 9.97. The summed E-state index contributed by atoms with van der Waals surface area (Å²) in [5.41, 5.74) is 1.21. The smallest absolute Gasteiger partial charge is 0.410 e. The molecule has 1 aliphatic rings. The van der Waals surface area contributed by atoms with Crippen molar-refractivity contribution in [1.82, 2.24) is 4.90 Å². The van der Waals surface area contributed by atoms with Crippen LogP contribution in [0.4, 0.5) is 4.79 Å². The van der Waals surface area contributed by atoms with Crippen LogP contribution in [-0.4, -0.2) is 40.9 Å². The molecular formula is C21H25NO4. The van der Waals surface area contributed by atoms with E-state index in [2.05, 4.69) is 0 Å². The third-order valence-corrected chi connectivity index (χ3v) is 4.96. The maximum Gasteiger partial charge on any atom is 0.410 e. The summed E-state index contributed by atoms with van der Waals surface area (Å²) in [7, 11) is 0. The zero-order valence-electron chi connectivity index (χ0n) is 15.0. The monoisotopic (exact) mass is 355 g/mol. The standard InChI is InChI=1S/C21H25NO4/c1-21(16-23)19(25-14-17-8-4-2-5-9-17)12-13-22(21)20(24)26-15-18-10-6-3-7-11-18/h2-11,19,23H,12-16H2,1H3/t19-,21+/m0/s1. The maximum atomic E-state index is 12.5. The quantitative estimate of drug-likeness (QED) is 0.863. The van der Waals surface area contributed by atoms with Crippen molar-refractivity contribution < 1.29 is 19.4 Å². The van der Waals surface area contributed by atoms with E-state index in [9.17, 15) is 9.90 Å². The largest absolute Gasteiger partial charge is 0.445 e. The molecule has 1 heterocycles. The molecule has 5 nitrogen and oxygen atoms in total. The van der Waals surface area contributed by atoms with Crippen molar-refractivity contribution in [3.63, 3.8) is 0 Å². The number of hydrogen-bond acceptors (Lipinski definition) is 4. The van der Waals surface area contributed by atoms with Crippen LogP contribution in [0.5, 0.6) is 0 Å². The number of aliphatic hydroxyl groups is 1. The van der Waals surface area contributed by atoms with E-state index in [0.29, 0.717) is 19.6 Å². The van der Waals surface area contributed by atoms with E-state index in [-0.39, 0.29) is 19.3 Å². The van der Waals surface area contributed by atoms with Crippen LogP contribution in [0.15, 0.2) is 60.7 Å². The van der Waals surface area contributed by atoms with Gasteiger partial charge < -0.3 is 14.6 Å². The molecule has 0 radical (unpaired) electrons. The van der Waals surface area contributed by atoms with Gasteiger partial charge in [-0.15, -0.1) is 0 Å². The highest BCUT2D eigenvalue weighted by molar-refractivity contribution is 5.69. The number of carbonyl (C=O) groups is 1. The molecule has 5 heteroatoms. The number of aliphatic hydroxyl groups excluding tert-OH is 1. The van der Waals surface area contributed by atoms with Crippen molar-refractivity contribution in [2.75, 3.05) is 13.2 Å². The number of carbonyl (C=O) groups excluding carboxylic acids is 1. The molecule has 0 spiro atoms. The molecule has 0 unspecified atom stereocenters. The van der Waals surface area contributed by atoms with Crippen molar-refractivity contribution in [1.29, 1.82) is 0 Å². The lowest BCUT2D eigenvalue weighted by Crippen LogP contribution is -2.54. The molecule has 26 heavy (non-hydrogen) atoms. The first-order chi connectivity index (χ1) is 12.6. The van der Waals surface area contributed by atoms with E-state index in [0.717, 1.165) is 11.1 Å². The van der Waals surface area contributed by atoms with E-state index in [1.807, 2.05) is 67.6 Å². The summed E-state index contributed by atoms with van der Waals surface area (Å²) < 4.78 is 11.5. The first kappa shape index (κ1) is 18.4. The summed E-state index contributed by atoms with van der Waals surface area (Å²) in [4.78, 5) is 14.1. The second kappa shape index (κ2) is 8.34. The predicted octanol–water partition coefficient (Wildman–Crippen LogP) is 3.37. The first-order valence-electron chi connectivity index (χ1n) is 8.88. The van der Waals surface area contributed by atoms with E-state index >= 15 is 0 Å². The van der Waals surface area contributed by atoms with Crippen molar-refractivity contribution in [2.45, 2.75) is 38.2 Å². The fourth-order valence-corrected chi connectivity index (χ4v) is 3.30. The van der Waals surface area contributed by atoms with Crippen LogP contribution in [-0.2, 0) is 22.7 Å². The van der Waals surface area contributed by atoms with Crippen molar-refractivity contribution in [3.8, 4) is 0 Å². The topological polar surface area (TPSA) is 59.0 Å². The van der Waals surface area contributed by atoms with E-state index in [1.54, 1.807) is 4.90 Å². The molecule has 2 atom stereocenters. The molecule has 2 aromatic rings. The van der Waals surface area contributed by atoms with Crippen LogP contribution in [0, 0.1) is 0 Å². The van der Waals surface area contributed by atoms with Gasteiger partial charge in [0.2, 0.25) is 0 Å². The molecule has 0 bridgehead atoms. The molecule has 0 aliphatic carbocycles. The maximum absolute atomic E-state index is 12.5. The predicted molar refractivity (Wildman–Crippen MR) is 98.5 cm³/mol. The normalized spacial score (nSPS) is 22.4. The Kier molecular flexibility index (Phi) is 5.91. The molecule has 0 saturated carbocycles. The van der Waals surface area contributed by atoms with Crippen LogP contribution in [0.3, 0.4) is 0 Å². The van der Waals surface area contributed by atoms with Gasteiger partial charge in [0, 0.05) is 6.54 Å². The second-order valence-corrected chi connectivity index (χ2v) is 6.78. The van der Waals surface area contributed by atoms with Gasteiger partial charge in [-0.1, -0.05) is 60.7 Å². The molecule has 1 fully saturated rings. The van der Waals surface area contributed by atoms with Gasteiger partial charge in [0.05, 0.1) is 24.9 Å². The van der Waals surface area contributed by atoms with Gasteiger partial charge in [0.15, 0.2) is 0 Å². The summed E-state index contributed by atoms with van der Waals surface area (Å²) in [6.45, 7) is 2.84. The lowest BCUT2D eigenvalue weighted by molar-refractivity contribution is -0.0499. The van der Waals surface area contributed by atoms with Crippen LogP contribution >= 0.6 is 0 Å². The Morgan fingerprint density at radius 2 is 1.65 bits per heavy atom. The minimum Gasteiger partial charge on any atom is -0.445 e. The van der Waals surface area contributed by atoms with Gasteiger partial charge in [-0.05, 0) is 24.5 Å². The number of likely N-dealkylation sites (tertiary alicyclic amines) is 1. The van der Waals surface area contributed by atoms with Crippen molar-refractivity contribution in [2.24, 2.45) is 0 Å². The lowest BCUT2D eigenvalue weighted by Gasteiger charge is -2.36. The molecule has 1 aliphatic heterocycles. The number of amides is 1. The average Bonchev–Trinajstić information content (AvgIpc) is 3.03. The molecular weight excluding hydrogens is 330 g/mol. The third-order valence-electron chi connectivity index (χ3n) is 4.96. The number of benzene rings is 2. The summed E-state index contributed by atoms with van der Waals surface area (Å²) in [6.07, 6.45) is 0.0119. The highest BCUT2D eigenvalue weighted by Crippen LogP contribution is 2.33. The van der Waals surface area contributed by atoms with E-state index in [1.165, 1.54) is 0 Å². The minimum atomic E-state index is -0.789. The number of rotatable bonds is 6. The Balaban J connectivity index is 1.60. The average molecular weight is 355 g/mol. The first-order valence-corrected chi connectivity index (χ1v) is 8.88. The van der Waals surface area contributed by atoms with Gasteiger partial charge in [-0.25, -0.2) is 4.79 Å². The van der Waals surface area contributed by atoms with Gasteiger partial charge in [0.1, 0.15) is 6.61 Å². The summed E-state index contributed by atoms with van der Waals surface area (Å²) in [6, 6.07) is 19.4. The van der Waals surface area contributed by atoms with Gasteiger partial charge in [0.25, 0.3) is 0 Å². The Morgan fingerprint density at radius 1 is 1.08 bits per heavy atom. The highest BCUT2D eigenvalue weighted by Gasteiger charge is 2.48. The Hall–Kier alpha value is -2.37. The zero-order chi connectivity index (χ0) is 18.4. The molecule has 3 rings (SSSR count). The zero-order valence-corrected chi connectivity index (χ0v) is 15.0. The highest BCUT2D eigenvalue weighted by atomic mass is 16.6. The fourth-order valence-electron chi connectivity index (χ4n) is 3.30. The van der Waals surface area contributed by atoms with Gasteiger partial charge in [-0.3, -0.25) is 4.90 Å². The molecule has 1 amide bonds. The number of nitrogens with zero attached hydrogens (tertiary/aromatic N) is 1. The Bertz CT molecular complexity index is 706. The molecule has 1 saturated heterocycles. The second-order valence-electron chi connectivity index (χ2n) is 6.78. The van der Waals surface area contributed by atoms with Crippen molar-refractivity contribution in [3.05, 3.63) is 71.8 Å². The van der Waals surface area contributed by atoms with E-state index in [4.69, 9.17) is 9.47 Å². The number of hydrogen-bond donors (Lipinski definition) is 1. The number of ether oxygens (including phenoxy) is 2. The molecule has 1 N–H and O–H groups in total. The van der Waals surface area contributed by atoms with Crippen LogP contribution in [0.1, 0.15) is 24.5 Å². The minimum absolute atomic E-state index is 0.174. The Morgan fingerprint density at radius 3 is 2.23 bits per heavy atom. The Labute approximate surface area is 154 Å². The fraction of sp³-hybridized carbons (Fsp3) is 0.381. The van der Waals surface area contributed by atoms with Gasteiger partial charge >= 0.3 is 6.09 Å². The van der Waals surface area contributed by atoms with E-state index < -0.39 is 11.6 Å². The summed E-state index contributed by atoms with van der Waals surface area (Å²) in [5, 5.41) is 9.97.